The number of fused-ring (bicyclic) bond motifs is 3. The van der Waals surface area contributed by atoms with Crippen molar-refractivity contribution in [1.82, 2.24) is 24.5 Å². The van der Waals surface area contributed by atoms with Gasteiger partial charge in [0.2, 0.25) is 0 Å². The van der Waals surface area contributed by atoms with Crippen LogP contribution in [0.1, 0.15) is 22.3 Å². The van der Waals surface area contributed by atoms with E-state index in [-0.39, 0.29) is 0 Å². The second kappa shape index (κ2) is 18.1. The molecule has 0 aliphatic rings. The Morgan fingerprint density at radius 3 is 1.11 bits per heavy atom. The Labute approximate surface area is 414 Å². The number of hydrogen-bond acceptors (Lipinski definition) is 4. The van der Waals surface area contributed by atoms with Crippen molar-refractivity contribution in [2.24, 2.45) is 0 Å². The van der Waals surface area contributed by atoms with Crippen LogP contribution < -0.4 is 0 Å². The molecule has 0 N–H and O–H groups in total. The zero-order valence-electron chi connectivity index (χ0n) is 40.1. The first-order chi connectivity index (χ1) is 34.8. The number of aryl methyl sites for hydroxylation is 4. The molecule has 0 fully saturated rings. The van der Waals surface area contributed by atoms with Gasteiger partial charge in [-0.25, -0.2) is 19.9 Å². The number of rotatable bonds is 9. The zero-order chi connectivity index (χ0) is 48.0. The predicted molar refractivity (Wildman–Crippen MR) is 294 cm³/mol. The first-order valence-corrected chi connectivity index (χ1v) is 24.2. The normalized spacial score (nSPS) is 11.4. The average molecular weight is 912 g/mol. The Bertz CT molecular complexity index is 3730. The number of benzene rings is 9. The summed E-state index contributed by atoms with van der Waals surface area (Å²) in [5.41, 5.74) is 21.9. The van der Waals surface area contributed by atoms with Crippen LogP contribution in [0.2, 0.25) is 0 Å². The maximum Gasteiger partial charge on any atom is 0.162 e. The molecule has 12 rings (SSSR count). The van der Waals surface area contributed by atoms with Gasteiger partial charge in [0.15, 0.2) is 11.6 Å². The van der Waals surface area contributed by atoms with Crippen LogP contribution in [0.5, 0.6) is 0 Å². The van der Waals surface area contributed by atoms with Crippen molar-refractivity contribution in [3.05, 3.63) is 247 Å². The number of aromatic nitrogens is 5. The Morgan fingerprint density at radius 1 is 0.282 bits per heavy atom. The van der Waals surface area contributed by atoms with Crippen LogP contribution >= 0.6 is 0 Å². The minimum atomic E-state index is 0.605. The first kappa shape index (κ1) is 43.2. The second-order valence-corrected chi connectivity index (χ2v) is 18.6. The minimum absolute atomic E-state index is 0.605. The van der Waals surface area contributed by atoms with Crippen LogP contribution in [0.4, 0.5) is 0 Å². The Morgan fingerprint density at radius 2 is 0.676 bits per heavy atom. The van der Waals surface area contributed by atoms with Gasteiger partial charge in [-0.05, 0) is 97.5 Å². The van der Waals surface area contributed by atoms with Crippen LogP contribution in [-0.2, 0) is 0 Å². The molecule has 0 amide bonds. The summed E-state index contributed by atoms with van der Waals surface area (Å²) in [7, 11) is 0. The molecule has 0 aliphatic carbocycles. The van der Waals surface area contributed by atoms with E-state index in [2.05, 4.69) is 220 Å². The van der Waals surface area contributed by atoms with Gasteiger partial charge in [-0.3, -0.25) is 0 Å². The van der Waals surface area contributed by atoms with E-state index in [1.165, 1.54) is 33.4 Å². The van der Waals surface area contributed by atoms with Gasteiger partial charge in [-0.1, -0.05) is 199 Å². The first-order valence-electron chi connectivity index (χ1n) is 24.2. The molecule has 5 heteroatoms. The summed E-state index contributed by atoms with van der Waals surface area (Å²) < 4.78 is 2.44. The third-order valence-corrected chi connectivity index (χ3v) is 13.6. The molecular weight excluding hydrogens is 863 g/mol. The topological polar surface area (TPSA) is 56.5 Å². The molecule has 0 atom stereocenters. The molecule has 3 aromatic heterocycles. The molecule has 71 heavy (non-hydrogen) atoms. The van der Waals surface area contributed by atoms with Crippen LogP contribution in [0.3, 0.4) is 0 Å². The quantitative estimate of drug-likeness (QED) is 0.145. The fourth-order valence-corrected chi connectivity index (χ4v) is 10.1. The summed E-state index contributed by atoms with van der Waals surface area (Å²) in [5.74, 6) is 1.26. The van der Waals surface area contributed by atoms with Crippen LogP contribution in [0.25, 0.3) is 118 Å². The molecule has 3 heterocycles. The smallest absolute Gasteiger partial charge is 0.162 e. The van der Waals surface area contributed by atoms with Crippen molar-refractivity contribution in [3.8, 4) is 95.7 Å². The third-order valence-electron chi connectivity index (χ3n) is 13.6. The largest absolute Gasteiger partial charge is 0.308 e. The van der Waals surface area contributed by atoms with Crippen molar-refractivity contribution in [2.45, 2.75) is 27.7 Å². The highest BCUT2D eigenvalue weighted by Crippen LogP contribution is 2.42. The van der Waals surface area contributed by atoms with Crippen molar-refractivity contribution in [2.75, 3.05) is 0 Å². The average Bonchev–Trinajstić information content (AvgIpc) is 3.74. The monoisotopic (exact) mass is 911 g/mol. The maximum absolute atomic E-state index is 5.51. The van der Waals surface area contributed by atoms with E-state index in [0.717, 1.165) is 94.8 Å². The van der Waals surface area contributed by atoms with Crippen LogP contribution in [0.15, 0.2) is 224 Å². The molecule has 338 valence electrons. The molecule has 0 radical (unpaired) electrons. The minimum Gasteiger partial charge on any atom is -0.308 e. The summed E-state index contributed by atoms with van der Waals surface area (Å²) in [6.07, 6.45) is 0. The predicted octanol–water partition coefficient (Wildman–Crippen LogP) is 16.9. The van der Waals surface area contributed by atoms with E-state index in [1.807, 2.05) is 36.4 Å². The zero-order valence-corrected chi connectivity index (χ0v) is 40.1. The van der Waals surface area contributed by atoms with E-state index < -0.39 is 0 Å². The van der Waals surface area contributed by atoms with Crippen LogP contribution in [-0.4, -0.2) is 24.5 Å². The van der Waals surface area contributed by atoms with Gasteiger partial charge in [0, 0.05) is 44.2 Å². The summed E-state index contributed by atoms with van der Waals surface area (Å²) >= 11 is 0. The SMILES string of the molecule is Cc1ccc(-c2ccc3c4ccc(-c5ccc(C)cc5C)cc4n(-c4ccc(-c5cc(-c6ccccc6)nc(-c6ccccc6)n5)cc4-c4nc(-c5ccccc5)cc(-c5ccccc5)n4)c3c2)c(C)c1. The summed E-state index contributed by atoms with van der Waals surface area (Å²) in [5, 5.41) is 2.32. The molecule has 12 aromatic rings. The summed E-state index contributed by atoms with van der Waals surface area (Å²) in [6.45, 7) is 8.72. The molecule has 0 saturated heterocycles. The van der Waals surface area contributed by atoms with Gasteiger partial charge in [0.25, 0.3) is 0 Å². The third kappa shape index (κ3) is 8.28. The molecule has 0 bridgehead atoms. The van der Waals surface area contributed by atoms with E-state index in [0.29, 0.717) is 11.6 Å². The van der Waals surface area contributed by atoms with Gasteiger partial charge in [0.05, 0.1) is 39.5 Å². The van der Waals surface area contributed by atoms with Gasteiger partial charge in [-0.2, -0.15) is 0 Å². The van der Waals surface area contributed by atoms with Crippen molar-refractivity contribution < 1.29 is 0 Å². The molecule has 0 unspecified atom stereocenters. The summed E-state index contributed by atoms with van der Waals surface area (Å²) in [4.78, 5) is 21.5. The lowest BCUT2D eigenvalue weighted by atomic mass is 9.96. The van der Waals surface area contributed by atoms with Gasteiger partial charge in [-0.15, -0.1) is 0 Å². The van der Waals surface area contributed by atoms with E-state index >= 15 is 0 Å². The highest BCUT2D eigenvalue weighted by molar-refractivity contribution is 6.12. The maximum atomic E-state index is 5.51. The van der Waals surface area contributed by atoms with Crippen molar-refractivity contribution in [3.63, 3.8) is 0 Å². The van der Waals surface area contributed by atoms with Gasteiger partial charge in [0.1, 0.15) is 0 Å². The Kier molecular flexibility index (Phi) is 11.0. The second-order valence-electron chi connectivity index (χ2n) is 18.6. The molecule has 9 aromatic carbocycles. The van der Waals surface area contributed by atoms with Crippen LogP contribution in [0, 0.1) is 27.7 Å². The highest BCUT2D eigenvalue weighted by Gasteiger charge is 2.22. The van der Waals surface area contributed by atoms with Crippen molar-refractivity contribution in [1.29, 1.82) is 0 Å². The number of nitrogens with zero attached hydrogens (tertiary/aromatic N) is 5. The fraction of sp³-hybridized carbons (Fsp3) is 0.0606. The number of hydrogen-bond donors (Lipinski definition) is 0. The lowest BCUT2D eigenvalue weighted by Gasteiger charge is -2.18. The molecule has 0 aliphatic heterocycles. The van der Waals surface area contributed by atoms with Crippen molar-refractivity contribution >= 4 is 21.8 Å². The lowest BCUT2D eigenvalue weighted by molar-refractivity contribution is 1.13. The Balaban J connectivity index is 1.18. The van der Waals surface area contributed by atoms with E-state index in [4.69, 9.17) is 19.9 Å². The van der Waals surface area contributed by atoms with E-state index in [9.17, 15) is 0 Å². The Hall–Kier alpha value is -9.06. The van der Waals surface area contributed by atoms with Gasteiger partial charge < -0.3 is 4.57 Å². The fourth-order valence-electron chi connectivity index (χ4n) is 10.1. The molecule has 0 saturated carbocycles. The lowest BCUT2D eigenvalue weighted by Crippen LogP contribution is -2.03. The standard InChI is InChI=1S/C66H49N5/c1-42-25-30-53(44(3)35-42)50-27-32-55-56-33-28-51(54-31-26-43(2)36-45(54)4)39-64(56)71(63(55)38-50)62-34-29-52(61-41-58(46-17-9-5-10-18-46)67-65(68-61)49-23-15-8-16-24-49)37-57(62)66-69-59(47-19-11-6-12-20-47)40-60(70-66)48-21-13-7-14-22-48/h5-41H,1-4H3. The van der Waals surface area contributed by atoms with Gasteiger partial charge >= 0.3 is 0 Å². The highest BCUT2D eigenvalue weighted by atomic mass is 15.0. The molecular formula is C66H49N5. The van der Waals surface area contributed by atoms with E-state index in [1.54, 1.807) is 0 Å². The molecule has 0 spiro atoms. The summed E-state index contributed by atoms with van der Waals surface area (Å²) in [6, 6.07) is 79.6. The molecule has 5 nitrogen and oxygen atoms in total.